The molecule has 2 saturated carbocycles. The van der Waals surface area contributed by atoms with E-state index in [4.69, 9.17) is 4.74 Å². The van der Waals surface area contributed by atoms with Crippen molar-refractivity contribution in [2.75, 3.05) is 13.7 Å². The number of aliphatic imine (C=N–C) groups is 1. The van der Waals surface area contributed by atoms with Crippen LogP contribution in [-0.2, 0) is 4.74 Å². The molecule has 1 aromatic rings. The van der Waals surface area contributed by atoms with Crippen molar-refractivity contribution in [3.63, 3.8) is 0 Å². The van der Waals surface area contributed by atoms with Crippen LogP contribution in [0.4, 0.5) is 0 Å². The van der Waals surface area contributed by atoms with E-state index in [0.29, 0.717) is 30.0 Å². The number of nitrogens with one attached hydrogen (secondary N) is 2. The van der Waals surface area contributed by atoms with E-state index in [0.717, 1.165) is 12.6 Å². The van der Waals surface area contributed by atoms with Crippen LogP contribution in [0, 0.1) is 11.3 Å². The number of nitrogens with zero attached hydrogens (tertiary/aromatic N) is 1. The van der Waals surface area contributed by atoms with Crippen molar-refractivity contribution in [2.45, 2.75) is 50.8 Å². The fourth-order valence-electron chi connectivity index (χ4n) is 4.53. The highest BCUT2D eigenvalue weighted by Gasteiger charge is 2.59. The van der Waals surface area contributed by atoms with E-state index < -0.39 is 0 Å². The molecule has 5 heteroatoms. The molecule has 0 amide bonds. The van der Waals surface area contributed by atoms with Crippen molar-refractivity contribution in [1.82, 2.24) is 10.6 Å². The van der Waals surface area contributed by atoms with Crippen molar-refractivity contribution < 1.29 is 4.74 Å². The van der Waals surface area contributed by atoms with Crippen LogP contribution in [-0.4, -0.2) is 37.8 Å². The third-order valence-electron chi connectivity index (χ3n) is 5.96. The van der Waals surface area contributed by atoms with Crippen LogP contribution in [0.25, 0.3) is 0 Å². The number of guanidine groups is 1. The van der Waals surface area contributed by atoms with Gasteiger partial charge in [0.05, 0.1) is 6.10 Å². The smallest absolute Gasteiger partial charge is 0.191 e. The first-order chi connectivity index (χ1) is 11.1. The molecule has 1 aromatic carbocycles. The quantitative estimate of drug-likeness (QED) is 0.431. The van der Waals surface area contributed by atoms with Crippen molar-refractivity contribution in [1.29, 1.82) is 0 Å². The van der Waals surface area contributed by atoms with Crippen LogP contribution in [0.5, 0.6) is 0 Å². The average molecular weight is 441 g/mol. The summed E-state index contributed by atoms with van der Waals surface area (Å²) in [5.74, 6) is 2.19. The molecule has 4 nitrogen and oxygen atoms in total. The second kappa shape index (κ2) is 6.83. The summed E-state index contributed by atoms with van der Waals surface area (Å²) in [7, 11) is 1.86. The number of halogens is 1. The molecule has 132 valence electrons. The Balaban J connectivity index is 0.00000169. The summed E-state index contributed by atoms with van der Waals surface area (Å²) in [6.07, 6.45) is 2.77. The van der Waals surface area contributed by atoms with Gasteiger partial charge in [0.25, 0.3) is 0 Å². The fourth-order valence-corrected chi connectivity index (χ4v) is 4.53. The van der Waals surface area contributed by atoms with Gasteiger partial charge in [-0.25, -0.2) is 0 Å². The van der Waals surface area contributed by atoms with Gasteiger partial charge in [0.15, 0.2) is 5.96 Å². The van der Waals surface area contributed by atoms with Gasteiger partial charge in [0.1, 0.15) is 0 Å². The molecule has 0 aromatic heterocycles. The predicted molar refractivity (Wildman–Crippen MR) is 108 cm³/mol. The molecule has 0 spiro atoms. The monoisotopic (exact) mass is 441 g/mol. The minimum atomic E-state index is 0. The molecule has 24 heavy (non-hydrogen) atoms. The van der Waals surface area contributed by atoms with E-state index in [1.807, 2.05) is 7.05 Å². The van der Waals surface area contributed by atoms with Crippen molar-refractivity contribution >= 4 is 29.9 Å². The summed E-state index contributed by atoms with van der Waals surface area (Å²) in [6, 6.07) is 11.7. The Morgan fingerprint density at radius 2 is 1.96 bits per heavy atom. The van der Waals surface area contributed by atoms with Crippen molar-refractivity contribution in [2.24, 2.45) is 16.3 Å². The number of rotatable bonds is 3. The Labute approximate surface area is 161 Å². The highest BCUT2D eigenvalue weighted by molar-refractivity contribution is 14.0. The maximum absolute atomic E-state index is 5.88. The van der Waals surface area contributed by atoms with Gasteiger partial charge in [-0.05, 0) is 18.4 Å². The Morgan fingerprint density at radius 1 is 1.21 bits per heavy atom. The molecule has 1 heterocycles. The highest BCUT2D eigenvalue weighted by atomic mass is 127. The summed E-state index contributed by atoms with van der Waals surface area (Å²) in [5.41, 5.74) is 1.61. The SMILES string of the molecule is CN=C(NC1CC1c1ccccc1)NC1C2CCOC2C1(C)C.I. The molecule has 3 fully saturated rings. The predicted octanol–water partition coefficient (Wildman–Crippen LogP) is 3.14. The first-order valence-corrected chi connectivity index (χ1v) is 8.77. The van der Waals surface area contributed by atoms with Crippen LogP contribution in [0.3, 0.4) is 0 Å². The van der Waals surface area contributed by atoms with Crippen LogP contribution in [0.2, 0.25) is 0 Å². The zero-order valence-corrected chi connectivity index (χ0v) is 17.0. The molecule has 3 aliphatic rings. The molecule has 2 aliphatic carbocycles. The average Bonchev–Trinajstić information content (AvgIpc) is 3.18. The molecular weight excluding hydrogens is 413 g/mol. The largest absolute Gasteiger partial charge is 0.377 e. The van der Waals surface area contributed by atoms with Gasteiger partial charge < -0.3 is 15.4 Å². The van der Waals surface area contributed by atoms with E-state index in [-0.39, 0.29) is 29.4 Å². The van der Waals surface area contributed by atoms with E-state index in [2.05, 4.69) is 59.8 Å². The van der Waals surface area contributed by atoms with Gasteiger partial charge in [-0.3, -0.25) is 4.99 Å². The van der Waals surface area contributed by atoms with Crippen LogP contribution in [0.1, 0.15) is 38.2 Å². The zero-order valence-electron chi connectivity index (χ0n) is 14.7. The number of hydrogen-bond donors (Lipinski definition) is 2. The molecule has 2 N–H and O–H groups in total. The normalized spacial score (nSPS) is 36.1. The highest BCUT2D eigenvalue weighted by Crippen LogP contribution is 2.52. The van der Waals surface area contributed by atoms with Crippen molar-refractivity contribution in [3.8, 4) is 0 Å². The Hall–Kier alpha value is -0.820. The number of fused-ring (bicyclic) bond motifs is 1. The minimum absolute atomic E-state index is 0. The molecular formula is C19H28IN3O. The van der Waals surface area contributed by atoms with Gasteiger partial charge in [-0.1, -0.05) is 44.2 Å². The minimum Gasteiger partial charge on any atom is -0.377 e. The lowest BCUT2D eigenvalue weighted by Gasteiger charge is -2.54. The van der Waals surface area contributed by atoms with Crippen LogP contribution in [0.15, 0.2) is 35.3 Å². The Bertz CT molecular complexity index is 604. The van der Waals surface area contributed by atoms with Crippen molar-refractivity contribution in [3.05, 3.63) is 35.9 Å². The first-order valence-electron chi connectivity index (χ1n) is 8.77. The standard InChI is InChI=1S/C19H27N3O.HI/c1-19(2)16(13-9-10-23-17(13)19)22-18(20-3)21-15-11-14(15)12-7-5-4-6-8-12;/h4-8,13-17H,9-11H2,1-3H3,(H2,20,21,22);1H. The van der Waals surface area contributed by atoms with E-state index in [1.165, 1.54) is 18.4 Å². The second-order valence-corrected chi connectivity index (χ2v) is 7.76. The van der Waals surface area contributed by atoms with Gasteiger partial charge in [-0.15, -0.1) is 24.0 Å². The third kappa shape index (κ3) is 3.05. The molecule has 0 radical (unpaired) electrons. The maximum atomic E-state index is 5.88. The summed E-state index contributed by atoms with van der Waals surface area (Å²) in [5, 5.41) is 7.27. The zero-order chi connectivity index (χ0) is 16.0. The first kappa shape index (κ1) is 18.0. The lowest BCUT2D eigenvalue weighted by Crippen LogP contribution is -2.68. The van der Waals surface area contributed by atoms with Gasteiger partial charge in [-0.2, -0.15) is 0 Å². The van der Waals surface area contributed by atoms with Gasteiger partial charge in [0, 0.05) is 43.0 Å². The van der Waals surface area contributed by atoms with E-state index in [9.17, 15) is 0 Å². The van der Waals surface area contributed by atoms with E-state index >= 15 is 0 Å². The number of hydrogen-bond acceptors (Lipinski definition) is 2. The molecule has 1 aliphatic heterocycles. The topological polar surface area (TPSA) is 45.7 Å². The lowest BCUT2D eigenvalue weighted by atomic mass is 9.57. The van der Waals surface area contributed by atoms with Gasteiger partial charge in [0.2, 0.25) is 0 Å². The molecule has 1 saturated heterocycles. The third-order valence-corrected chi connectivity index (χ3v) is 5.96. The number of ether oxygens (including phenoxy) is 1. The summed E-state index contributed by atoms with van der Waals surface area (Å²) in [6.45, 7) is 5.50. The second-order valence-electron chi connectivity index (χ2n) is 7.76. The number of benzene rings is 1. The maximum Gasteiger partial charge on any atom is 0.191 e. The Morgan fingerprint density at radius 3 is 2.67 bits per heavy atom. The van der Waals surface area contributed by atoms with E-state index in [1.54, 1.807) is 0 Å². The summed E-state index contributed by atoms with van der Waals surface area (Å²) >= 11 is 0. The lowest BCUT2D eigenvalue weighted by molar-refractivity contribution is -0.106. The van der Waals surface area contributed by atoms with Gasteiger partial charge >= 0.3 is 0 Å². The summed E-state index contributed by atoms with van der Waals surface area (Å²) in [4.78, 5) is 4.45. The Kier molecular flexibility index (Phi) is 5.12. The fraction of sp³-hybridized carbons (Fsp3) is 0.632. The molecule has 5 unspecified atom stereocenters. The van der Waals surface area contributed by atoms with Crippen LogP contribution >= 0.6 is 24.0 Å². The molecule has 5 atom stereocenters. The molecule has 0 bridgehead atoms. The summed E-state index contributed by atoms with van der Waals surface area (Å²) < 4.78 is 5.88. The van der Waals surface area contributed by atoms with Crippen LogP contribution < -0.4 is 10.6 Å². The molecule has 4 rings (SSSR count).